The lowest BCUT2D eigenvalue weighted by atomic mass is 10.1. The Hall–Kier alpha value is -1.94. The van der Waals surface area contributed by atoms with Gasteiger partial charge in [-0.1, -0.05) is 12.1 Å². The Bertz CT molecular complexity index is 546. The van der Waals surface area contributed by atoms with Gasteiger partial charge < -0.3 is 10.2 Å². The zero-order valence-electron chi connectivity index (χ0n) is 10.7. The minimum absolute atomic E-state index is 0.0352. The molecule has 1 N–H and O–H groups in total. The average molecular weight is 243 g/mol. The van der Waals surface area contributed by atoms with Crippen LogP contribution in [0.25, 0.3) is 10.8 Å². The van der Waals surface area contributed by atoms with Gasteiger partial charge in [0.2, 0.25) is 5.91 Å². The summed E-state index contributed by atoms with van der Waals surface area (Å²) in [6.45, 7) is 0.748. The summed E-state index contributed by atoms with van der Waals surface area (Å²) < 4.78 is 0. The highest BCUT2D eigenvalue weighted by Gasteiger charge is 2.05. The maximum Gasteiger partial charge on any atom is 0.225 e. The first-order valence-corrected chi connectivity index (χ1v) is 5.94. The highest BCUT2D eigenvalue weighted by molar-refractivity contribution is 6.01. The number of nitrogens with one attached hydrogen (secondary N) is 1. The summed E-state index contributed by atoms with van der Waals surface area (Å²) in [5.74, 6) is 0.0352. The number of carbonyl (C=O) groups excluding carboxylic acids is 1. The summed E-state index contributed by atoms with van der Waals surface area (Å²) in [4.78, 5) is 17.9. The molecule has 1 amide bonds. The Kier molecular flexibility index (Phi) is 3.89. The summed E-state index contributed by atoms with van der Waals surface area (Å²) in [5, 5.41) is 5.00. The molecule has 0 atom stereocenters. The number of hydrogen-bond donors (Lipinski definition) is 1. The van der Waals surface area contributed by atoms with E-state index in [9.17, 15) is 4.79 Å². The van der Waals surface area contributed by atoms with Crippen molar-refractivity contribution in [3.63, 3.8) is 0 Å². The van der Waals surface area contributed by atoms with Crippen LogP contribution in [0.5, 0.6) is 0 Å². The zero-order chi connectivity index (χ0) is 13.0. The van der Waals surface area contributed by atoms with Gasteiger partial charge in [-0.3, -0.25) is 9.78 Å². The maximum absolute atomic E-state index is 11.8. The highest BCUT2D eigenvalue weighted by Crippen LogP contribution is 2.22. The number of nitrogens with zero attached hydrogens (tertiary/aromatic N) is 2. The van der Waals surface area contributed by atoms with Crippen molar-refractivity contribution >= 4 is 22.4 Å². The second-order valence-corrected chi connectivity index (χ2v) is 4.50. The van der Waals surface area contributed by atoms with E-state index in [-0.39, 0.29) is 5.91 Å². The Morgan fingerprint density at radius 2 is 2.17 bits per heavy atom. The number of anilines is 1. The molecule has 0 saturated heterocycles. The fraction of sp³-hybridized carbons (Fsp3) is 0.286. The lowest BCUT2D eigenvalue weighted by Gasteiger charge is -2.11. The van der Waals surface area contributed by atoms with Gasteiger partial charge in [0, 0.05) is 41.8 Å². The maximum atomic E-state index is 11.8. The Morgan fingerprint density at radius 3 is 2.94 bits per heavy atom. The van der Waals surface area contributed by atoms with Gasteiger partial charge in [0.05, 0.1) is 0 Å². The van der Waals surface area contributed by atoms with Crippen molar-refractivity contribution in [2.24, 2.45) is 0 Å². The predicted octanol–water partition coefficient (Wildman–Crippen LogP) is 2.12. The van der Waals surface area contributed by atoms with Gasteiger partial charge in [0.25, 0.3) is 0 Å². The van der Waals surface area contributed by atoms with Crippen molar-refractivity contribution in [1.82, 2.24) is 9.88 Å². The van der Waals surface area contributed by atoms with Crippen molar-refractivity contribution in [3.8, 4) is 0 Å². The van der Waals surface area contributed by atoms with Crippen molar-refractivity contribution in [2.45, 2.75) is 6.42 Å². The van der Waals surface area contributed by atoms with Crippen LogP contribution < -0.4 is 5.32 Å². The van der Waals surface area contributed by atoms with Crippen LogP contribution in [0, 0.1) is 0 Å². The number of rotatable bonds is 4. The minimum atomic E-state index is 0.0352. The molecule has 0 aliphatic rings. The van der Waals surface area contributed by atoms with E-state index >= 15 is 0 Å². The molecule has 1 aromatic heterocycles. The molecule has 2 aromatic rings. The molecule has 0 unspecified atom stereocenters. The largest absolute Gasteiger partial charge is 0.325 e. The van der Waals surface area contributed by atoms with Crippen molar-refractivity contribution in [3.05, 3.63) is 36.7 Å². The third-order valence-corrected chi connectivity index (χ3v) is 2.74. The van der Waals surface area contributed by atoms with Gasteiger partial charge in [-0.25, -0.2) is 0 Å². The van der Waals surface area contributed by atoms with Gasteiger partial charge in [-0.2, -0.15) is 0 Å². The molecule has 0 bridgehead atoms. The summed E-state index contributed by atoms with van der Waals surface area (Å²) >= 11 is 0. The highest BCUT2D eigenvalue weighted by atomic mass is 16.1. The summed E-state index contributed by atoms with van der Waals surface area (Å²) in [5.41, 5.74) is 0.846. The third kappa shape index (κ3) is 3.05. The third-order valence-electron chi connectivity index (χ3n) is 2.74. The molecule has 2 rings (SSSR count). The number of fused-ring (bicyclic) bond motifs is 1. The van der Waals surface area contributed by atoms with Crippen molar-refractivity contribution in [2.75, 3.05) is 26.0 Å². The van der Waals surface area contributed by atoms with E-state index in [0.29, 0.717) is 6.42 Å². The molecule has 0 aliphatic carbocycles. The first-order chi connectivity index (χ1) is 8.66. The lowest BCUT2D eigenvalue weighted by Crippen LogP contribution is -2.20. The summed E-state index contributed by atoms with van der Waals surface area (Å²) in [6, 6.07) is 7.73. The average Bonchev–Trinajstić information content (AvgIpc) is 2.37. The molecule has 94 valence electrons. The van der Waals surface area contributed by atoms with Gasteiger partial charge in [-0.05, 0) is 26.2 Å². The number of hydrogen-bond acceptors (Lipinski definition) is 3. The molecule has 0 saturated carbocycles. The van der Waals surface area contributed by atoms with E-state index in [1.165, 1.54) is 0 Å². The van der Waals surface area contributed by atoms with Gasteiger partial charge in [-0.15, -0.1) is 0 Å². The van der Waals surface area contributed by atoms with E-state index in [0.717, 1.165) is 23.0 Å². The van der Waals surface area contributed by atoms with E-state index in [4.69, 9.17) is 0 Å². The van der Waals surface area contributed by atoms with E-state index in [1.54, 1.807) is 12.4 Å². The fourth-order valence-corrected chi connectivity index (χ4v) is 1.77. The first-order valence-electron chi connectivity index (χ1n) is 5.94. The standard InChI is InChI=1S/C14H17N3O/c1-17(2)9-7-14(18)16-13-5-3-4-11-10-15-8-6-12(11)13/h3-6,8,10H,7,9H2,1-2H3,(H,16,18). The van der Waals surface area contributed by atoms with E-state index in [2.05, 4.69) is 10.3 Å². The van der Waals surface area contributed by atoms with Crippen LogP contribution >= 0.6 is 0 Å². The molecule has 4 heteroatoms. The van der Waals surface area contributed by atoms with Crippen LogP contribution in [0.4, 0.5) is 5.69 Å². The molecule has 1 heterocycles. The van der Waals surface area contributed by atoms with Crippen LogP contribution in [-0.4, -0.2) is 36.4 Å². The molecule has 4 nitrogen and oxygen atoms in total. The van der Waals surface area contributed by atoms with Gasteiger partial charge in [0.15, 0.2) is 0 Å². The second-order valence-electron chi connectivity index (χ2n) is 4.50. The van der Waals surface area contributed by atoms with Crippen LogP contribution in [0.3, 0.4) is 0 Å². The van der Waals surface area contributed by atoms with Crippen LogP contribution in [0.1, 0.15) is 6.42 Å². The molecule has 0 fully saturated rings. The van der Waals surface area contributed by atoms with Crippen molar-refractivity contribution < 1.29 is 4.79 Å². The molecular weight excluding hydrogens is 226 g/mol. The normalized spacial score (nSPS) is 10.8. The molecule has 0 aliphatic heterocycles. The predicted molar refractivity (Wildman–Crippen MR) is 73.5 cm³/mol. The second kappa shape index (κ2) is 5.60. The fourth-order valence-electron chi connectivity index (χ4n) is 1.77. The smallest absolute Gasteiger partial charge is 0.225 e. The Balaban J connectivity index is 2.14. The van der Waals surface area contributed by atoms with Crippen LogP contribution in [0.15, 0.2) is 36.7 Å². The number of pyridine rings is 1. The minimum Gasteiger partial charge on any atom is -0.325 e. The van der Waals surface area contributed by atoms with Crippen molar-refractivity contribution in [1.29, 1.82) is 0 Å². The molecule has 1 aromatic carbocycles. The molecule has 0 spiro atoms. The first kappa shape index (κ1) is 12.5. The Labute approximate surface area is 107 Å². The van der Waals surface area contributed by atoms with Crippen LogP contribution in [0.2, 0.25) is 0 Å². The van der Waals surface area contributed by atoms with Gasteiger partial charge >= 0.3 is 0 Å². The van der Waals surface area contributed by atoms with Gasteiger partial charge in [0.1, 0.15) is 0 Å². The lowest BCUT2D eigenvalue weighted by molar-refractivity contribution is -0.116. The van der Waals surface area contributed by atoms with E-state index in [1.807, 2.05) is 43.3 Å². The molecule has 18 heavy (non-hydrogen) atoms. The summed E-state index contributed by atoms with van der Waals surface area (Å²) in [6.07, 6.45) is 4.02. The monoisotopic (exact) mass is 243 g/mol. The van der Waals surface area contributed by atoms with E-state index < -0.39 is 0 Å². The SMILES string of the molecule is CN(C)CCC(=O)Nc1cccc2cnccc12. The number of carbonyl (C=O) groups is 1. The quantitative estimate of drug-likeness (QED) is 0.894. The number of benzene rings is 1. The van der Waals surface area contributed by atoms with Crippen LogP contribution in [-0.2, 0) is 4.79 Å². The topological polar surface area (TPSA) is 45.2 Å². The molecule has 0 radical (unpaired) electrons. The Morgan fingerprint density at radius 1 is 1.33 bits per heavy atom. The number of aromatic nitrogens is 1. The zero-order valence-corrected chi connectivity index (χ0v) is 10.7. The molecular formula is C14H17N3O. The number of amides is 1. The summed E-state index contributed by atoms with van der Waals surface area (Å²) in [7, 11) is 3.91.